The minimum Gasteiger partial charge on any atom is -0.495 e. The largest absolute Gasteiger partial charge is 0.495 e. The van der Waals surface area contributed by atoms with Crippen LogP contribution in [-0.4, -0.2) is 65.1 Å². The van der Waals surface area contributed by atoms with Crippen molar-refractivity contribution in [1.29, 1.82) is 0 Å². The second kappa shape index (κ2) is 10.3. The molecule has 0 spiro atoms. The van der Waals surface area contributed by atoms with E-state index in [1.54, 1.807) is 18.0 Å². The number of rotatable bonds is 5. The summed E-state index contributed by atoms with van der Waals surface area (Å²) in [5, 5.41) is 7.93. The van der Waals surface area contributed by atoms with E-state index >= 15 is 0 Å². The summed E-state index contributed by atoms with van der Waals surface area (Å²) in [6.07, 6.45) is 1.66. The number of carbonyl (C=O) groups is 1. The van der Waals surface area contributed by atoms with E-state index in [-0.39, 0.29) is 36.8 Å². The second-order valence-electron chi connectivity index (χ2n) is 6.12. The average molecular weight is 417 g/mol. The van der Waals surface area contributed by atoms with Gasteiger partial charge in [0.2, 0.25) is 0 Å². The van der Waals surface area contributed by atoms with Gasteiger partial charge in [-0.15, -0.1) is 29.9 Å². The van der Waals surface area contributed by atoms with E-state index in [1.165, 1.54) is 0 Å². The monoisotopic (exact) mass is 416 g/mol. The maximum absolute atomic E-state index is 12.7. The molecule has 0 bridgehead atoms. The Kier molecular flexibility index (Phi) is 8.81. The van der Waals surface area contributed by atoms with Crippen molar-refractivity contribution in [2.75, 3.05) is 38.2 Å². The third kappa shape index (κ3) is 5.03. The molecule has 1 aliphatic rings. The summed E-state index contributed by atoms with van der Waals surface area (Å²) < 4.78 is 7.05. The van der Waals surface area contributed by atoms with Crippen LogP contribution in [0.1, 0.15) is 17.4 Å². The van der Waals surface area contributed by atoms with E-state index in [1.807, 2.05) is 36.1 Å². The average Bonchev–Trinajstić information content (AvgIpc) is 3.10. The summed E-state index contributed by atoms with van der Waals surface area (Å²) in [4.78, 5) is 16.8. The van der Waals surface area contributed by atoms with Crippen LogP contribution in [0.25, 0.3) is 0 Å². The van der Waals surface area contributed by atoms with Gasteiger partial charge in [0.1, 0.15) is 5.75 Å². The Balaban J connectivity index is 0.00000182. The number of aromatic nitrogens is 3. The Labute approximate surface area is 171 Å². The minimum atomic E-state index is -0.0875. The maximum Gasteiger partial charge on any atom is 0.276 e. The Bertz CT molecular complexity index is 742. The van der Waals surface area contributed by atoms with Gasteiger partial charge in [-0.25, -0.2) is 0 Å². The quantitative estimate of drug-likeness (QED) is 0.792. The van der Waals surface area contributed by atoms with Gasteiger partial charge in [-0.3, -0.25) is 9.48 Å². The van der Waals surface area contributed by atoms with Gasteiger partial charge in [-0.2, -0.15) is 0 Å². The van der Waals surface area contributed by atoms with Gasteiger partial charge in [-0.05, 0) is 19.1 Å². The lowest BCUT2D eigenvalue weighted by Crippen LogP contribution is -2.54. The van der Waals surface area contributed by atoms with Gasteiger partial charge >= 0.3 is 0 Å². The van der Waals surface area contributed by atoms with Crippen LogP contribution in [0.15, 0.2) is 30.5 Å². The molecule has 1 aliphatic heterocycles. The molecule has 150 valence electrons. The normalized spacial score (nSPS) is 16.3. The summed E-state index contributed by atoms with van der Waals surface area (Å²) in [7, 11) is 1.67. The number of nitrogens with zero attached hydrogens (tertiary/aromatic N) is 5. The molecular formula is C17H26Cl2N6O2. The van der Waals surface area contributed by atoms with E-state index in [0.717, 1.165) is 24.5 Å². The molecule has 1 unspecified atom stereocenters. The molecule has 0 aliphatic carbocycles. The van der Waals surface area contributed by atoms with Crippen LogP contribution < -0.4 is 15.4 Å². The summed E-state index contributed by atoms with van der Waals surface area (Å²) >= 11 is 0. The van der Waals surface area contributed by atoms with Crippen LogP contribution in [0.2, 0.25) is 0 Å². The number of benzene rings is 1. The van der Waals surface area contributed by atoms with E-state index < -0.39 is 0 Å². The fourth-order valence-corrected chi connectivity index (χ4v) is 3.15. The van der Waals surface area contributed by atoms with Crippen molar-refractivity contribution in [3.05, 3.63) is 36.2 Å². The van der Waals surface area contributed by atoms with Crippen LogP contribution in [0.5, 0.6) is 5.75 Å². The fraction of sp³-hybridized carbons (Fsp3) is 0.471. The summed E-state index contributed by atoms with van der Waals surface area (Å²) in [6, 6.07) is 8.01. The predicted molar refractivity (Wildman–Crippen MR) is 109 cm³/mol. The number of hydrogen-bond donors (Lipinski definition) is 1. The van der Waals surface area contributed by atoms with Gasteiger partial charge in [0, 0.05) is 32.2 Å². The van der Waals surface area contributed by atoms with Crippen molar-refractivity contribution < 1.29 is 9.53 Å². The third-order valence-corrected chi connectivity index (χ3v) is 4.43. The molecule has 0 radical (unpaired) electrons. The lowest BCUT2D eigenvalue weighted by Gasteiger charge is -2.41. The Morgan fingerprint density at radius 1 is 1.30 bits per heavy atom. The van der Waals surface area contributed by atoms with Gasteiger partial charge < -0.3 is 20.3 Å². The predicted octanol–water partition coefficient (Wildman–Crippen LogP) is 1.44. The zero-order chi connectivity index (χ0) is 17.8. The first-order valence-corrected chi connectivity index (χ1v) is 8.43. The van der Waals surface area contributed by atoms with Crippen molar-refractivity contribution in [2.24, 2.45) is 5.73 Å². The van der Waals surface area contributed by atoms with Crippen molar-refractivity contribution in [2.45, 2.75) is 19.5 Å². The molecule has 1 aromatic heterocycles. The molecule has 3 rings (SSSR count). The molecule has 1 fully saturated rings. The second-order valence-corrected chi connectivity index (χ2v) is 6.12. The zero-order valence-corrected chi connectivity index (χ0v) is 17.1. The van der Waals surface area contributed by atoms with Gasteiger partial charge in [0.05, 0.1) is 25.5 Å². The first-order chi connectivity index (χ1) is 12.1. The molecule has 1 atom stereocenters. The number of methoxy groups -OCH3 is 1. The number of nitrogens with two attached hydrogens (primary N) is 1. The number of ether oxygens (including phenoxy) is 1. The molecule has 1 saturated heterocycles. The molecule has 2 N–H and O–H groups in total. The zero-order valence-electron chi connectivity index (χ0n) is 15.4. The highest BCUT2D eigenvalue weighted by atomic mass is 35.5. The first-order valence-electron chi connectivity index (χ1n) is 8.43. The molecule has 0 saturated carbocycles. The van der Waals surface area contributed by atoms with E-state index in [4.69, 9.17) is 10.5 Å². The van der Waals surface area contributed by atoms with Crippen LogP contribution >= 0.6 is 24.8 Å². The highest BCUT2D eigenvalue weighted by molar-refractivity contribution is 5.92. The maximum atomic E-state index is 12.7. The number of halogens is 2. The number of anilines is 1. The topological polar surface area (TPSA) is 89.5 Å². The molecule has 10 heteroatoms. The third-order valence-electron chi connectivity index (χ3n) is 4.43. The van der Waals surface area contributed by atoms with E-state index in [9.17, 15) is 4.79 Å². The lowest BCUT2D eigenvalue weighted by atomic mass is 10.1. The van der Waals surface area contributed by atoms with Crippen molar-refractivity contribution in [3.63, 3.8) is 0 Å². The molecule has 1 amide bonds. The first kappa shape index (κ1) is 23.0. The fourth-order valence-electron chi connectivity index (χ4n) is 3.15. The van der Waals surface area contributed by atoms with Crippen LogP contribution in [-0.2, 0) is 6.54 Å². The summed E-state index contributed by atoms with van der Waals surface area (Å²) in [5.74, 6) is 0.759. The van der Waals surface area contributed by atoms with Gasteiger partial charge in [0.15, 0.2) is 5.69 Å². The number of carbonyl (C=O) groups excluding carboxylic acids is 1. The highest BCUT2D eigenvalue weighted by Gasteiger charge is 2.30. The standard InChI is InChI=1S/C17H24N6O2.2ClH/c1-13-11-21(15-5-3-4-6-16(15)25-2)9-10-23(13)17(24)14-12-22(8-7-18)20-19-14;;/h3-6,12-13H,7-11,18H2,1-2H3;2*1H. The van der Waals surface area contributed by atoms with Gasteiger partial charge in [0.25, 0.3) is 5.91 Å². The highest BCUT2D eigenvalue weighted by Crippen LogP contribution is 2.29. The molecule has 1 aromatic carbocycles. The van der Waals surface area contributed by atoms with Gasteiger partial charge in [-0.1, -0.05) is 17.3 Å². The summed E-state index contributed by atoms with van der Waals surface area (Å²) in [6.45, 7) is 5.17. The Hall–Kier alpha value is -2.03. The van der Waals surface area contributed by atoms with E-state index in [0.29, 0.717) is 25.3 Å². The minimum absolute atomic E-state index is 0. The van der Waals surface area contributed by atoms with Crippen molar-refractivity contribution in [1.82, 2.24) is 19.9 Å². The Morgan fingerprint density at radius 3 is 2.70 bits per heavy atom. The summed E-state index contributed by atoms with van der Waals surface area (Å²) in [5.41, 5.74) is 6.93. The number of piperazine rings is 1. The molecular weight excluding hydrogens is 391 g/mol. The smallest absolute Gasteiger partial charge is 0.276 e. The lowest BCUT2D eigenvalue weighted by molar-refractivity contribution is 0.0667. The molecule has 27 heavy (non-hydrogen) atoms. The molecule has 2 aromatic rings. The SMILES string of the molecule is COc1ccccc1N1CCN(C(=O)c2cn(CCN)nn2)C(C)C1.Cl.Cl. The molecule has 2 heterocycles. The van der Waals surface area contributed by atoms with Crippen LogP contribution in [0.3, 0.4) is 0 Å². The molecule has 8 nitrogen and oxygen atoms in total. The van der Waals surface area contributed by atoms with Crippen LogP contribution in [0, 0.1) is 0 Å². The Morgan fingerprint density at radius 2 is 2.04 bits per heavy atom. The van der Waals surface area contributed by atoms with Crippen LogP contribution in [0.4, 0.5) is 5.69 Å². The number of hydrogen-bond acceptors (Lipinski definition) is 6. The van der Waals surface area contributed by atoms with E-state index in [2.05, 4.69) is 15.2 Å². The number of amides is 1. The van der Waals surface area contributed by atoms with Crippen molar-refractivity contribution >= 4 is 36.4 Å². The number of para-hydroxylation sites is 2. The van der Waals surface area contributed by atoms with Crippen molar-refractivity contribution in [3.8, 4) is 5.75 Å².